The molecule has 0 aliphatic carbocycles. The van der Waals surface area contributed by atoms with E-state index in [1.165, 1.54) is 5.56 Å². The van der Waals surface area contributed by atoms with Gasteiger partial charge in [-0.05, 0) is 39.7 Å². The number of amides is 1. The highest BCUT2D eigenvalue weighted by Gasteiger charge is 2.30. The van der Waals surface area contributed by atoms with Gasteiger partial charge in [-0.1, -0.05) is 30.3 Å². The van der Waals surface area contributed by atoms with Crippen LogP contribution in [0.25, 0.3) is 0 Å². The van der Waals surface area contributed by atoms with E-state index >= 15 is 0 Å². The molecule has 21 heavy (non-hydrogen) atoms. The van der Waals surface area contributed by atoms with Crippen molar-refractivity contribution in [1.29, 1.82) is 0 Å². The molecule has 1 aliphatic heterocycles. The largest absolute Gasteiger partial charge is 0.444 e. The molecule has 1 aromatic rings. The predicted molar refractivity (Wildman–Crippen MR) is 84.2 cm³/mol. The van der Waals surface area contributed by atoms with Crippen molar-refractivity contribution in [3.8, 4) is 0 Å². The van der Waals surface area contributed by atoms with Crippen molar-refractivity contribution in [2.45, 2.75) is 51.8 Å². The minimum absolute atomic E-state index is 0.209. The number of hydrogen-bond acceptors (Lipinski definition) is 3. The molecule has 1 N–H and O–H groups in total. The minimum atomic E-state index is -0.431. The van der Waals surface area contributed by atoms with Gasteiger partial charge < -0.3 is 15.0 Å². The maximum Gasteiger partial charge on any atom is 0.410 e. The molecule has 2 atom stereocenters. The molecule has 4 heteroatoms. The van der Waals surface area contributed by atoms with Gasteiger partial charge in [-0.2, -0.15) is 0 Å². The lowest BCUT2D eigenvalue weighted by Gasteiger charge is -2.25. The minimum Gasteiger partial charge on any atom is -0.444 e. The first-order valence-corrected chi connectivity index (χ1v) is 7.64. The van der Waals surface area contributed by atoms with Crippen LogP contribution in [0, 0.1) is 0 Å². The van der Waals surface area contributed by atoms with Crippen LogP contribution >= 0.6 is 0 Å². The highest BCUT2D eigenvalue weighted by atomic mass is 16.6. The van der Waals surface area contributed by atoms with E-state index in [0.717, 1.165) is 13.0 Å². The number of nitrogens with one attached hydrogen (secondary N) is 1. The summed E-state index contributed by atoms with van der Waals surface area (Å²) in [5, 5.41) is 3.59. The summed E-state index contributed by atoms with van der Waals surface area (Å²) in [5.74, 6) is 0. The normalized spacial score (nSPS) is 20.4. The van der Waals surface area contributed by atoms with Crippen LogP contribution in [0.1, 0.15) is 45.7 Å². The van der Waals surface area contributed by atoms with Crippen molar-refractivity contribution in [2.75, 3.05) is 13.1 Å². The van der Waals surface area contributed by atoms with Crippen LogP contribution < -0.4 is 5.32 Å². The number of likely N-dealkylation sites (tertiary alicyclic amines) is 1. The van der Waals surface area contributed by atoms with Crippen molar-refractivity contribution in [3.63, 3.8) is 0 Å². The van der Waals surface area contributed by atoms with Crippen LogP contribution in [-0.2, 0) is 4.74 Å². The number of hydrogen-bond donors (Lipinski definition) is 1. The zero-order valence-electron chi connectivity index (χ0n) is 13.4. The average molecular weight is 290 g/mol. The van der Waals surface area contributed by atoms with Gasteiger partial charge in [-0.15, -0.1) is 0 Å². The molecule has 2 unspecified atom stereocenters. The van der Waals surface area contributed by atoms with E-state index in [2.05, 4.69) is 36.5 Å². The Morgan fingerprint density at radius 2 is 2.00 bits per heavy atom. The van der Waals surface area contributed by atoms with Crippen LogP contribution in [0.5, 0.6) is 0 Å². The molecular formula is C17H26N2O2. The third kappa shape index (κ3) is 4.74. The van der Waals surface area contributed by atoms with Gasteiger partial charge >= 0.3 is 6.09 Å². The van der Waals surface area contributed by atoms with Gasteiger partial charge in [-0.25, -0.2) is 4.79 Å². The highest BCUT2D eigenvalue weighted by molar-refractivity contribution is 5.68. The third-order valence-electron chi connectivity index (χ3n) is 3.63. The zero-order valence-corrected chi connectivity index (χ0v) is 13.4. The summed E-state index contributed by atoms with van der Waals surface area (Å²) >= 11 is 0. The molecule has 1 heterocycles. The van der Waals surface area contributed by atoms with Crippen LogP contribution in [0.2, 0.25) is 0 Å². The van der Waals surface area contributed by atoms with Gasteiger partial charge in [0.25, 0.3) is 0 Å². The number of nitrogens with zero attached hydrogens (tertiary/aromatic N) is 1. The molecule has 0 aromatic heterocycles. The summed E-state index contributed by atoms with van der Waals surface area (Å²) in [6.07, 6.45) is 0.760. The van der Waals surface area contributed by atoms with Crippen molar-refractivity contribution >= 4 is 6.09 Å². The van der Waals surface area contributed by atoms with Crippen LogP contribution in [0.3, 0.4) is 0 Å². The Hall–Kier alpha value is -1.55. The molecule has 1 amide bonds. The fourth-order valence-electron chi connectivity index (χ4n) is 2.58. The summed E-state index contributed by atoms with van der Waals surface area (Å²) in [7, 11) is 0. The number of benzene rings is 1. The van der Waals surface area contributed by atoms with Crippen molar-refractivity contribution in [1.82, 2.24) is 10.2 Å². The van der Waals surface area contributed by atoms with E-state index < -0.39 is 5.60 Å². The molecule has 0 bridgehead atoms. The lowest BCUT2D eigenvalue weighted by atomic mass is 10.1. The van der Waals surface area contributed by atoms with Gasteiger partial charge in [0, 0.05) is 25.2 Å². The van der Waals surface area contributed by atoms with Gasteiger partial charge in [0.15, 0.2) is 0 Å². The summed E-state index contributed by atoms with van der Waals surface area (Å²) in [5.41, 5.74) is 0.841. The quantitative estimate of drug-likeness (QED) is 0.928. The van der Waals surface area contributed by atoms with E-state index in [0.29, 0.717) is 12.6 Å². The van der Waals surface area contributed by atoms with Gasteiger partial charge in [-0.3, -0.25) is 0 Å². The molecule has 1 aliphatic rings. The second kappa shape index (κ2) is 6.48. The maximum absolute atomic E-state index is 12.0. The first-order valence-electron chi connectivity index (χ1n) is 7.64. The molecule has 1 fully saturated rings. The molecule has 4 nitrogen and oxygen atoms in total. The summed E-state index contributed by atoms with van der Waals surface area (Å²) in [4.78, 5) is 13.8. The standard InChI is InChI=1S/C17H26N2O2/c1-13(14-8-6-5-7-9-14)18-15-10-11-19(12-15)16(20)21-17(2,3)4/h5-9,13,15,18H,10-12H2,1-4H3. The Morgan fingerprint density at radius 1 is 1.33 bits per heavy atom. The molecule has 1 aromatic carbocycles. The first kappa shape index (κ1) is 15.8. The molecule has 0 spiro atoms. The second-order valence-electron chi connectivity index (χ2n) is 6.71. The topological polar surface area (TPSA) is 41.6 Å². The summed E-state index contributed by atoms with van der Waals surface area (Å²) < 4.78 is 5.42. The predicted octanol–water partition coefficient (Wildman–Crippen LogP) is 3.35. The zero-order chi connectivity index (χ0) is 15.5. The van der Waals surface area contributed by atoms with Gasteiger partial charge in [0.1, 0.15) is 5.60 Å². The van der Waals surface area contributed by atoms with E-state index in [1.807, 2.05) is 26.8 Å². The molecule has 1 saturated heterocycles. The molecular weight excluding hydrogens is 264 g/mol. The van der Waals surface area contributed by atoms with E-state index in [4.69, 9.17) is 4.74 Å². The summed E-state index contributed by atoms with van der Waals surface area (Å²) in [6, 6.07) is 11.0. The smallest absolute Gasteiger partial charge is 0.410 e. The van der Waals surface area contributed by atoms with Gasteiger partial charge in [0.2, 0.25) is 0 Å². The number of carbonyl (C=O) groups is 1. The highest BCUT2D eigenvalue weighted by Crippen LogP contribution is 2.18. The molecule has 0 radical (unpaired) electrons. The number of rotatable bonds is 3. The van der Waals surface area contributed by atoms with Gasteiger partial charge in [0.05, 0.1) is 0 Å². The van der Waals surface area contributed by atoms with Crippen LogP contribution in [-0.4, -0.2) is 35.7 Å². The fourth-order valence-corrected chi connectivity index (χ4v) is 2.58. The van der Waals surface area contributed by atoms with E-state index in [9.17, 15) is 4.79 Å². The van der Waals surface area contributed by atoms with Crippen molar-refractivity contribution < 1.29 is 9.53 Å². The number of ether oxygens (including phenoxy) is 1. The third-order valence-corrected chi connectivity index (χ3v) is 3.63. The monoisotopic (exact) mass is 290 g/mol. The Kier molecular flexibility index (Phi) is 4.88. The van der Waals surface area contributed by atoms with Crippen LogP contribution in [0.15, 0.2) is 30.3 Å². The maximum atomic E-state index is 12.0. The Bertz CT molecular complexity index is 467. The molecule has 116 valence electrons. The van der Waals surface area contributed by atoms with E-state index in [-0.39, 0.29) is 12.1 Å². The lowest BCUT2D eigenvalue weighted by molar-refractivity contribution is 0.0290. The average Bonchev–Trinajstić information content (AvgIpc) is 2.86. The summed E-state index contributed by atoms with van der Waals surface area (Å²) in [6.45, 7) is 9.32. The fraction of sp³-hybridized carbons (Fsp3) is 0.588. The molecule has 2 rings (SSSR count). The number of carbonyl (C=O) groups excluding carboxylic acids is 1. The van der Waals surface area contributed by atoms with Crippen molar-refractivity contribution in [3.05, 3.63) is 35.9 Å². The first-order chi connectivity index (χ1) is 9.85. The van der Waals surface area contributed by atoms with Crippen LogP contribution in [0.4, 0.5) is 4.79 Å². The SMILES string of the molecule is CC(NC1CCN(C(=O)OC(C)(C)C)C1)c1ccccc1. The van der Waals surface area contributed by atoms with E-state index in [1.54, 1.807) is 4.90 Å². The Balaban J connectivity index is 1.84. The Morgan fingerprint density at radius 3 is 2.62 bits per heavy atom. The molecule has 0 saturated carbocycles. The second-order valence-corrected chi connectivity index (χ2v) is 6.71. The van der Waals surface area contributed by atoms with Crippen molar-refractivity contribution in [2.24, 2.45) is 0 Å². The Labute approximate surface area is 127 Å². The lowest BCUT2D eigenvalue weighted by Crippen LogP contribution is -2.39.